The Labute approximate surface area is 140 Å². The molecule has 1 aromatic rings. The van der Waals surface area contributed by atoms with Gasteiger partial charge in [0.05, 0.1) is 16.6 Å². The van der Waals surface area contributed by atoms with Crippen LogP contribution in [0.4, 0.5) is 0 Å². The van der Waals surface area contributed by atoms with Crippen molar-refractivity contribution in [1.29, 1.82) is 0 Å². The summed E-state index contributed by atoms with van der Waals surface area (Å²) >= 11 is 5.82. The second-order valence-electron chi connectivity index (χ2n) is 6.48. The van der Waals surface area contributed by atoms with Gasteiger partial charge in [-0.25, -0.2) is 0 Å². The lowest BCUT2D eigenvalue weighted by Crippen LogP contribution is -2.40. The summed E-state index contributed by atoms with van der Waals surface area (Å²) in [6.45, 7) is 8.35. The molecule has 7 heteroatoms. The van der Waals surface area contributed by atoms with E-state index in [1.54, 1.807) is 17.2 Å². The second-order valence-corrected chi connectivity index (χ2v) is 6.91. The molecule has 3 heterocycles. The first kappa shape index (κ1) is 16.1. The lowest BCUT2D eigenvalue weighted by atomic mass is 9.78. The minimum Gasteiger partial charge on any atom is -0.340 e. The van der Waals surface area contributed by atoms with Crippen molar-refractivity contribution in [3.8, 4) is 0 Å². The van der Waals surface area contributed by atoms with Crippen LogP contribution in [0.5, 0.6) is 0 Å². The molecule has 124 valence electrons. The maximum absolute atomic E-state index is 12.8. The van der Waals surface area contributed by atoms with Crippen molar-refractivity contribution in [3.63, 3.8) is 0 Å². The predicted octanol–water partition coefficient (Wildman–Crippen LogP) is 1.42. The number of likely N-dealkylation sites (tertiary alicyclic amines) is 2. The molecule has 0 radical (unpaired) electrons. The topological polar surface area (TPSA) is 58.4 Å². The normalized spacial score (nSPS) is 27.2. The smallest absolute Gasteiger partial charge is 0.244 e. The average Bonchev–Trinajstić information content (AvgIpc) is 3.15. The SMILES string of the molecule is C=CCN1CC[C@]2(CN(C(=O)Cn3cc(Cl)cn3)C[C@H]2C)C1=O. The molecule has 0 unspecified atom stereocenters. The van der Waals surface area contributed by atoms with Crippen molar-refractivity contribution < 1.29 is 9.59 Å². The number of carbonyl (C=O) groups is 2. The van der Waals surface area contributed by atoms with Crippen LogP contribution < -0.4 is 0 Å². The van der Waals surface area contributed by atoms with Gasteiger partial charge in [-0.2, -0.15) is 5.10 Å². The van der Waals surface area contributed by atoms with Crippen molar-refractivity contribution in [1.82, 2.24) is 19.6 Å². The molecule has 0 saturated carbocycles. The van der Waals surface area contributed by atoms with E-state index in [0.29, 0.717) is 24.7 Å². The number of hydrogen-bond donors (Lipinski definition) is 0. The third-order valence-corrected chi connectivity index (χ3v) is 5.25. The molecule has 6 nitrogen and oxygen atoms in total. The third-order valence-electron chi connectivity index (χ3n) is 5.05. The molecule has 2 saturated heterocycles. The zero-order valence-electron chi connectivity index (χ0n) is 13.2. The van der Waals surface area contributed by atoms with Crippen LogP contribution in [0.15, 0.2) is 25.0 Å². The van der Waals surface area contributed by atoms with Crippen LogP contribution in [0.25, 0.3) is 0 Å². The highest BCUT2D eigenvalue weighted by Gasteiger charge is 2.55. The second kappa shape index (κ2) is 6.00. The van der Waals surface area contributed by atoms with E-state index in [4.69, 9.17) is 11.6 Å². The Balaban J connectivity index is 1.70. The van der Waals surface area contributed by atoms with Crippen molar-refractivity contribution in [2.45, 2.75) is 19.9 Å². The number of halogens is 1. The summed E-state index contributed by atoms with van der Waals surface area (Å²) in [7, 11) is 0. The first-order valence-corrected chi connectivity index (χ1v) is 8.20. The fourth-order valence-electron chi connectivity index (χ4n) is 3.71. The van der Waals surface area contributed by atoms with Crippen molar-refractivity contribution in [2.24, 2.45) is 11.3 Å². The zero-order chi connectivity index (χ0) is 16.6. The number of rotatable bonds is 4. The van der Waals surface area contributed by atoms with Crippen LogP contribution in [-0.2, 0) is 16.1 Å². The van der Waals surface area contributed by atoms with Gasteiger partial charge in [0, 0.05) is 32.4 Å². The fourth-order valence-corrected chi connectivity index (χ4v) is 3.87. The third kappa shape index (κ3) is 2.76. The van der Waals surface area contributed by atoms with Crippen molar-refractivity contribution in [3.05, 3.63) is 30.1 Å². The van der Waals surface area contributed by atoms with Gasteiger partial charge in [0.15, 0.2) is 0 Å². The average molecular weight is 337 g/mol. The quantitative estimate of drug-likeness (QED) is 0.781. The van der Waals surface area contributed by atoms with E-state index < -0.39 is 5.41 Å². The molecule has 2 aliphatic rings. The minimum atomic E-state index is -0.430. The van der Waals surface area contributed by atoms with Gasteiger partial charge in [-0.3, -0.25) is 14.3 Å². The number of hydrogen-bond acceptors (Lipinski definition) is 3. The van der Waals surface area contributed by atoms with Gasteiger partial charge < -0.3 is 9.80 Å². The number of nitrogens with zero attached hydrogens (tertiary/aromatic N) is 4. The van der Waals surface area contributed by atoms with Crippen molar-refractivity contribution in [2.75, 3.05) is 26.2 Å². The Morgan fingerprint density at radius 3 is 3.04 bits per heavy atom. The van der Waals surface area contributed by atoms with Gasteiger partial charge in [-0.1, -0.05) is 24.6 Å². The molecular formula is C16H21ClN4O2. The van der Waals surface area contributed by atoms with E-state index in [1.165, 1.54) is 10.9 Å². The first-order chi connectivity index (χ1) is 11.0. The van der Waals surface area contributed by atoms with E-state index in [2.05, 4.69) is 18.6 Å². The van der Waals surface area contributed by atoms with E-state index >= 15 is 0 Å². The largest absolute Gasteiger partial charge is 0.340 e. The Kier molecular flexibility index (Phi) is 4.19. The molecule has 2 atom stereocenters. The molecule has 2 amide bonds. The highest BCUT2D eigenvalue weighted by atomic mass is 35.5. The summed E-state index contributed by atoms with van der Waals surface area (Å²) in [6, 6.07) is 0. The standard InChI is InChI=1S/C16H21ClN4O2/c1-3-5-19-6-4-16(15(19)23)11-20(8-12(16)2)14(22)10-21-9-13(17)7-18-21/h3,7,9,12H,1,4-6,8,10-11H2,2H3/t12-,16-/m1/s1. The van der Waals surface area contributed by atoms with Gasteiger partial charge in [-0.05, 0) is 12.3 Å². The summed E-state index contributed by atoms with van der Waals surface area (Å²) in [5.41, 5.74) is -0.430. The van der Waals surface area contributed by atoms with Crippen LogP contribution >= 0.6 is 11.6 Å². The predicted molar refractivity (Wildman–Crippen MR) is 86.8 cm³/mol. The van der Waals surface area contributed by atoms with Gasteiger partial charge in [0.25, 0.3) is 0 Å². The molecular weight excluding hydrogens is 316 g/mol. The zero-order valence-corrected chi connectivity index (χ0v) is 14.0. The minimum absolute atomic E-state index is 0.0246. The molecule has 1 aromatic heterocycles. The van der Waals surface area contributed by atoms with E-state index in [9.17, 15) is 9.59 Å². The summed E-state index contributed by atoms with van der Waals surface area (Å²) in [4.78, 5) is 28.9. The lowest BCUT2D eigenvalue weighted by molar-refractivity contribution is -0.137. The van der Waals surface area contributed by atoms with Crippen LogP contribution in [0.1, 0.15) is 13.3 Å². The molecule has 0 N–H and O–H groups in total. The summed E-state index contributed by atoms with van der Waals surface area (Å²) in [5, 5.41) is 4.55. The highest BCUT2D eigenvalue weighted by molar-refractivity contribution is 6.30. The molecule has 2 aliphatic heterocycles. The molecule has 23 heavy (non-hydrogen) atoms. The Hall–Kier alpha value is -1.82. The maximum atomic E-state index is 12.8. The van der Waals surface area contributed by atoms with Gasteiger partial charge in [0.2, 0.25) is 11.8 Å². The van der Waals surface area contributed by atoms with Crippen molar-refractivity contribution >= 4 is 23.4 Å². The molecule has 0 aromatic carbocycles. The van der Waals surface area contributed by atoms with E-state index in [0.717, 1.165) is 13.0 Å². The molecule has 0 aliphatic carbocycles. The monoisotopic (exact) mass is 336 g/mol. The van der Waals surface area contributed by atoms with Gasteiger partial charge in [-0.15, -0.1) is 6.58 Å². The molecule has 3 rings (SSSR count). The highest BCUT2D eigenvalue weighted by Crippen LogP contribution is 2.44. The summed E-state index contributed by atoms with van der Waals surface area (Å²) in [6.07, 6.45) is 5.69. The first-order valence-electron chi connectivity index (χ1n) is 7.82. The number of carbonyl (C=O) groups excluding carboxylic acids is 2. The Bertz CT molecular complexity index is 644. The van der Waals surface area contributed by atoms with Crippen LogP contribution in [0, 0.1) is 11.3 Å². The molecule has 1 spiro atoms. The van der Waals surface area contributed by atoms with Gasteiger partial charge >= 0.3 is 0 Å². The number of amides is 2. The number of aromatic nitrogens is 2. The van der Waals surface area contributed by atoms with E-state index in [1.807, 2.05) is 4.90 Å². The van der Waals surface area contributed by atoms with Gasteiger partial charge in [0.1, 0.15) is 6.54 Å². The maximum Gasteiger partial charge on any atom is 0.244 e. The summed E-state index contributed by atoms with van der Waals surface area (Å²) < 4.78 is 1.53. The summed E-state index contributed by atoms with van der Waals surface area (Å²) in [5.74, 6) is 0.292. The molecule has 2 fully saturated rings. The Morgan fingerprint density at radius 2 is 2.39 bits per heavy atom. The lowest BCUT2D eigenvalue weighted by Gasteiger charge is -2.26. The van der Waals surface area contributed by atoms with Crippen LogP contribution in [0.2, 0.25) is 5.02 Å². The molecule has 0 bridgehead atoms. The van der Waals surface area contributed by atoms with Crippen LogP contribution in [0.3, 0.4) is 0 Å². The Morgan fingerprint density at radius 1 is 1.61 bits per heavy atom. The van der Waals surface area contributed by atoms with Crippen LogP contribution in [-0.4, -0.2) is 57.6 Å². The fraction of sp³-hybridized carbons (Fsp3) is 0.562. The van der Waals surface area contributed by atoms with E-state index in [-0.39, 0.29) is 24.3 Å².